The SMILES string of the molecule is CCCCC1CCC(c2cc(OCCC)ccc2OCC2CCC(C)CC2)CC1. The number of rotatable bonds is 10. The summed E-state index contributed by atoms with van der Waals surface area (Å²) in [6, 6.07) is 6.60. The summed E-state index contributed by atoms with van der Waals surface area (Å²) in [5, 5.41) is 0. The van der Waals surface area contributed by atoms with E-state index >= 15 is 0 Å². The van der Waals surface area contributed by atoms with Crippen molar-refractivity contribution in [1.82, 2.24) is 0 Å². The van der Waals surface area contributed by atoms with Gasteiger partial charge in [0.05, 0.1) is 13.2 Å². The van der Waals surface area contributed by atoms with Gasteiger partial charge in [-0.25, -0.2) is 0 Å². The third kappa shape index (κ3) is 6.93. The Hall–Kier alpha value is -1.18. The van der Waals surface area contributed by atoms with Gasteiger partial charge in [0, 0.05) is 5.56 Å². The molecule has 0 heterocycles. The van der Waals surface area contributed by atoms with Crippen LogP contribution in [0.15, 0.2) is 18.2 Å². The maximum absolute atomic E-state index is 6.46. The molecule has 2 nitrogen and oxygen atoms in total. The summed E-state index contributed by atoms with van der Waals surface area (Å²) in [4.78, 5) is 0. The van der Waals surface area contributed by atoms with Gasteiger partial charge < -0.3 is 9.47 Å². The zero-order chi connectivity index (χ0) is 20.5. The molecule has 0 aromatic heterocycles. The van der Waals surface area contributed by atoms with Crippen LogP contribution >= 0.6 is 0 Å². The monoisotopic (exact) mass is 400 g/mol. The highest BCUT2D eigenvalue weighted by molar-refractivity contribution is 5.43. The Morgan fingerprint density at radius 1 is 0.828 bits per heavy atom. The molecule has 0 unspecified atom stereocenters. The molecule has 2 aliphatic rings. The van der Waals surface area contributed by atoms with Gasteiger partial charge in [-0.05, 0) is 86.8 Å². The van der Waals surface area contributed by atoms with Crippen molar-refractivity contribution in [3.8, 4) is 11.5 Å². The summed E-state index contributed by atoms with van der Waals surface area (Å²) in [5.74, 6) is 5.37. The molecule has 0 radical (unpaired) electrons. The summed E-state index contributed by atoms with van der Waals surface area (Å²) >= 11 is 0. The molecule has 0 amide bonds. The lowest BCUT2D eigenvalue weighted by Gasteiger charge is -2.31. The number of hydrogen-bond donors (Lipinski definition) is 0. The van der Waals surface area contributed by atoms with E-state index in [4.69, 9.17) is 9.47 Å². The second kappa shape index (κ2) is 11.9. The molecule has 0 spiro atoms. The Morgan fingerprint density at radius 2 is 1.55 bits per heavy atom. The van der Waals surface area contributed by atoms with Crippen LogP contribution in [0.2, 0.25) is 0 Å². The van der Waals surface area contributed by atoms with Gasteiger partial charge in [0.1, 0.15) is 11.5 Å². The minimum Gasteiger partial charge on any atom is -0.494 e. The lowest BCUT2D eigenvalue weighted by molar-refractivity contribution is 0.185. The first-order chi connectivity index (χ1) is 14.2. The third-order valence-corrected chi connectivity index (χ3v) is 7.32. The summed E-state index contributed by atoms with van der Waals surface area (Å²) in [7, 11) is 0. The van der Waals surface area contributed by atoms with Crippen LogP contribution in [0.25, 0.3) is 0 Å². The Balaban J connectivity index is 1.64. The molecule has 1 aromatic carbocycles. The van der Waals surface area contributed by atoms with Gasteiger partial charge in [-0.1, -0.05) is 52.9 Å². The number of unbranched alkanes of at least 4 members (excludes halogenated alkanes) is 1. The summed E-state index contributed by atoms with van der Waals surface area (Å²) < 4.78 is 12.4. The van der Waals surface area contributed by atoms with Crippen molar-refractivity contribution >= 4 is 0 Å². The Morgan fingerprint density at radius 3 is 2.24 bits per heavy atom. The van der Waals surface area contributed by atoms with Crippen LogP contribution in [-0.4, -0.2) is 13.2 Å². The highest BCUT2D eigenvalue weighted by Crippen LogP contribution is 2.42. The lowest BCUT2D eigenvalue weighted by atomic mass is 9.77. The smallest absolute Gasteiger partial charge is 0.123 e. The standard InChI is InChI=1S/C27H44O2/c1-4-6-7-22-12-14-24(15-13-22)26-19-25(28-18-5-2)16-17-27(26)29-20-23-10-8-21(3)9-11-23/h16-17,19,21-24H,4-15,18,20H2,1-3H3. The number of benzene rings is 1. The Kier molecular flexibility index (Phi) is 9.21. The fraction of sp³-hybridized carbons (Fsp3) is 0.778. The van der Waals surface area contributed by atoms with Crippen LogP contribution < -0.4 is 9.47 Å². The molecule has 0 N–H and O–H groups in total. The molecular formula is C27H44O2. The maximum Gasteiger partial charge on any atom is 0.123 e. The molecule has 1 aromatic rings. The van der Waals surface area contributed by atoms with Gasteiger partial charge in [-0.3, -0.25) is 0 Å². The zero-order valence-corrected chi connectivity index (χ0v) is 19.3. The quantitative estimate of drug-likeness (QED) is 0.394. The van der Waals surface area contributed by atoms with E-state index in [0.717, 1.165) is 48.9 Å². The van der Waals surface area contributed by atoms with Crippen LogP contribution in [0.5, 0.6) is 11.5 Å². The summed E-state index contributed by atoms with van der Waals surface area (Å²) in [6.45, 7) is 8.55. The van der Waals surface area contributed by atoms with Crippen molar-refractivity contribution in [2.75, 3.05) is 13.2 Å². The van der Waals surface area contributed by atoms with Gasteiger partial charge in [-0.2, -0.15) is 0 Å². The van der Waals surface area contributed by atoms with E-state index in [2.05, 4.69) is 39.0 Å². The van der Waals surface area contributed by atoms with Crippen LogP contribution in [-0.2, 0) is 0 Å². The lowest BCUT2D eigenvalue weighted by Crippen LogP contribution is -2.20. The van der Waals surface area contributed by atoms with E-state index in [0.29, 0.717) is 5.92 Å². The van der Waals surface area contributed by atoms with E-state index in [-0.39, 0.29) is 0 Å². The largest absolute Gasteiger partial charge is 0.494 e. The van der Waals surface area contributed by atoms with Crippen molar-refractivity contribution in [3.63, 3.8) is 0 Å². The first-order valence-corrected chi connectivity index (χ1v) is 12.6. The van der Waals surface area contributed by atoms with Crippen molar-refractivity contribution < 1.29 is 9.47 Å². The maximum atomic E-state index is 6.46. The van der Waals surface area contributed by atoms with Gasteiger partial charge >= 0.3 is 0 Å². The van der Waals surface area contributed by atoms with E-state index in [9.17, 15) is 0 Å². The van der Waals surface area contributed by atoms with Crippen LogP contribution in [0.3, 0.4) is 0 Å². The first-order valence-electron chi connectivity index (χ1n) is 12.6. The van der Waals surface area contributed by atoms with E-state index in [1.54, 1.807) is 0 Å². The molecule has 0 atom stereocenters. The fourth-order valence-electron chi connectivity index (χ4n) is 5.25. The van der Waals surface area contributed by atoms with Crippen LogP contribution in [0, 0.1) is 17.8 Å². The molecule has 0 aliphatic heterocycles. The molecule has 0 saturated heterocycles. The summed E-state index contributed by atoms with van der Waals surface area (Å²) in [5.41, 5.74) is 1.41. The third-order valence-electron chi connectivity index (χ3n) is 7.32. The van der Waals surface area contributed by atoms with E-state index in [1.165, 1.54) is 76.2 Å². The predicted octanol–water partition coefficient (Wildman–Crippen LogP) is 8.14. The fourth-order valence-corrected chi connectivity index (χ4v) is 5.25. The highest BCUT2D eigenvalue weighted by atomic mass is 16.5. The average molecular weight is 401 g/mol. The second-order valence-electron chi connectivity index (χ2n) is 9.84. The molecular weight excluding hydrogens is 356 g/mol. The van der Waals surface area contributed by atoms with Crippen molar-refractivity contribution in [3.05, 3.63) is 23.8 Å². The minimum absolute atomic E-state index is 0.638. The van der Waals surface area contributed by atoms with Gasteiger partial charge in [0.2, 0.25) is 0 Å². The average Bonchev–Trinajstić information content (AvgIpc) is 2.76. The number of ether oxygens (including phenoxy) is 2. The van der Waals surface area contributed by atoms with Crippen molar-refractivity contribution in [2.45, 2.75) is 104 Å². The molecule has 29 heavy (non-hydrogen) atoms. The Bertz CT molecular complexity index is 580. The van der Waals surface area contributed by atoms with Crippen molar-refractivity contribution in [2.24, 2.45) is 17.8 Å². The van der Waals surface area contributed by atoms with Gasteiger partial charge in [0.25, 0.3) is 0 Å². The van der Waals surface area contributed by atoms with Crippen molar-refractivity contribution in [1.29, 1.82) is 0 Å². The molecule has 2 fully saturated rings. The molecule has 2 heteroatoms. The summed E-state index contributed by atoms with van der Waals surface area (Å²) in [6.07, 6.45) is 16.0. The Labute approximate surface area is 179 Å². The van der Waals surface area contributed by atoms with Gasteiger partial charge in [-0.15, -0.1) is 0 Å². The second-order valence-corrected chi connectivity index (χ2v) is 9.84. The van der Waals surface area contributed by atoms with Crippen LogP contribution in [0.1, 0.15) is 109 Å². The molecule has 0 bridgehead atoms. The van der Waals surface area contributed by atoms with E-state index < -0.39 is 0 Å². The predicted molar refractivity (Wildman–Crippen MR) is 123 cm³/mol. The minimum atomic E-state index is 0.638. The number of hydrogen-bond acceptors (Lipinski definition) is 2. The topological polar surface area (TPSA) is 18.5 Å². The van der Waals surface area contributed by atoms with Crippen LogP contribution in [0.4, 0.5) is 0 Å². The molecule has 2 saturated carbocycles. The molecule has 3 rings (SSSR count). The molecule has 2 aliphatic carbocycles. The zero-order valence-electron chi connectivity index (χ0n) is 19.3. The first kappa shape index (κ1) is 22.5. The van der Waals surface area contributed by atoms with Gasteiger partial charge in [0.15, 0.2) is 0 Å². The highest BCUT2D eigenvalue weighted by Gasteiger charge is 2.26. The normalized spacial score (nSPS) is 27.6. The molecule has 164 valence electrons. The van der Waals surface area contributed by atoms with E-state index in [1.807, 2.05) is 0 Å².